The first-order valence-electron chi connectivity index (χ1n) is 3.32. The Kier molecular flexibility index (Phi) is 3.28. The molecule has 0 rings (SSSR count). The second-order valence-corrected chi connectivity index (χ2v) is 2.58. The number of rotatable bonds is 4. The normalized spacial score (nSPS) is 16.3. The molecule has 0 aliphatic rings. The quantitative estimate of drug-likeness (QED) is 0.473. The van der Waals surface area contributed by atoms with Gasteiger partial charge in [0.25, 0.3) is 0 Å². The van der Waals surface area contributed by atoms with Crippen molar-refractivity contribution < 1.29 is 10.0 Å². The van der Waals surface area contributed by atoms with Crippen molar-refractivity contribution in [2.45, 2.75) is 32.2 Å². The third kappa shape index (κ3) is 1.95. The van der Waals surface area contributed by atoms with Crippen molar-refractivity contribution >= 4 is 0 Å². The van der Waals surface area contributed by atoms with Crippen LogP contribution in [0.2, 0.25) is 0 Å². The first-order chi connectivity index (χ1) is 4.56. The molecule has 60 valence electrons. The highest BCUT2D eigenvalue weighted by Gasteiger charge is 2.33. The molecule has 1 unspecified atom stereocenters. The number of nitro groups is 1. The molecule has 0 aromatic heterocycles. The van der Waals surface area contributed by atoms with Gasteiger partial charge in [-0.05, 0) is 0 Å². The van der Waals surface area contributed by atoms with E-state index in [0.29, 0.717) is 6.42 Å². The Balaban J connectivity index is 4.08. The Morgan fingerprint density at radius 3 is 2.30 bits per heavy atom. The summed E-state index contributed by atoms with van der Waals surface area (Å²) in [5, 5.41) is 18.8. The third-order valence-corrected chi connectivity index (χ3v) is 1.85. The van der Waals surface area contributed by atoms with Crippen LogP contribution in [0.25, 0.3) is 0 Å². The van der Waals surface area contributed by atoms with Crippen LogP contribution in [-0.4, -0.2) is 22.2 Å². The largest absolute Gasteiger partial charge is 0.396 e. The molecule has 0 spiro atoms. The minimum Gasteiger partial charge on any atom is -0.396 e. The molecule has 0 aromatic carbocycles. The lowest BCUT2D eigenvalue weighted by Crippen LogP contribution is -2.34. The number of hydrogen-bond donors (Lipinski definition) is 1. The number of aliphatic hydroxyl groups is 1. The average molecular weight is 147 g/mol. The maximum atomic E-state index is 10.3. The summed E-state index contributed by atoms with van der Waals surface area (Å²) >= 11 is 0. The Morgan fingerprint density at radius 1 is 1.70 bits per heavy atom. The van der Waals surface area contributed by atoms with Gasteiger partial charge in [0.1, 0.15) is 0 Å². The van der Waals surface area contributed by atoms with Gasteiger partial charge in [0.2, 0.25) is 5.54 Å². The maximum absolute atomic E-state index is 10.3. The van der Waals surface area contributed by atoms with Crippen molar-refractivity contribution in [2.24, 2.45) is 0 Å². The smallest absolute Gasteiger partial charge is 0.221 e. The second kappa shape index (κ2) is 3.51. The van der Waals surface area contributed by atoms with Crippen molar-refractivity contribution in [3.63, 3.8) is 0 Å². The summed E-state index contributed by atoms with van der Waals surface area (Å²) in [6.45, 7) is 3.17. The van der Waals surface area contributed by atoms with E-state index in [1.165, 1.54) is 0 Å². The fraction of sp³-hybridized carbons (Fsp3) is 1.00. The molecule has 1 atom stereocenters. The van der Waals surface area contributed by atoms with Crippen LogP contribution in [0.5, 0.6) is 0 Å². The lowest BCUT2D eigenvalue weighted by atomic mass is 9.96. The summed E-state index contributed by atoms with van der Waals surface area (Å²) in [6, 6.07) is 0. The zero-order chi connectivity index (χ0) is 8.20. The topological polar surface area (TPSA) is 63.4 Å². The predicted octanol–water partition coefficient (Wildman–Crippen LogP) is 0.814. The molecule has 0 amide bonds. The summed E-state index contributed by atoms with van der Waals surface area (Å²) in [6.07, 6.45) is 0.692. The summed E-state index contributed by atoms with van der Waals surface area (Å²) < 4.78 is 0. The molecule has 0 aromatic rings. The highest BCUT2D eigenvalue weighted by atomic mass is 16.6. The highest BCUT2D eigenvalue weighted by molar-refractivity contribution is 4.70. The lowest BCUT2D eigenvalue weighted by Gasteiger charge is -2.16. The Bertz CT molecular complexity index is 126. The molecule has 0 saturated carbocycles. The first kappa shape index (κ1) is 9.36. The molecule has 4 heteroatoms. The van der Waals surface area contributed by atoms with Crippen LogP contribution in [0, 0.1) is 10.1 Å². The highest BCUT2D eigenvalue weighted by Crippen LogP contribution is 2.17. The maximum Gasteiger partial charge on any atom is 0.221 e. The SMILES string of the molecule is CCC(C)(CCO)[N+](=O)[O-]. The van der Waals surface area contributed by atoms with Crippen LogP contribution >= 0.6 is 0 Å². The van der Waals surface area contributed by atoms with Gasteiger partial charge in [-0.15, -0.1) is 0 Å². The molecule has 1 N–H and O–H groups in total. The molecule has 0 fully saturated rings. The summed E-state index contributed by atoms with van der Waals surface area (Å²) in [5.74, 6) is 0. The van der Waals surface area contributed by atoms with Gasteiger partial charge in [0, 0.05) is 31.3 Å². The van der Waals surface area contributed by atoms with E-state index in [1.54, 1.807) is 13.8 Å². The zero-order valence-corrected chi connectivity index (χ0v) is 6.33. The summed E-state index contributed by atoms with van der Waals surface area (Å²) in [4.78, 5) is 10.0. The number of hydrogen-bond acceptors (Lipinski definition) is 3. The first-order valence-corrected chi connectivity index (χ1v) is 3.32. The van der Waals surface area contributed by atoms with E-state index in [1.807, 2.05) is 0 Å². The van der Waals surface area contributed by atoms with Crippen molar-refractivity contribution in [2.75, 3.05) is 6.61 Å². The Labute approximate surface area is 60.0 Å². The van der Waals surface area contributed by atoms with Gasteiger partial charge in [-0.2, -0.15) is 0 Å². The van der Waals surface area contributed by atoms with Crippen molar-refractivity contribution in [1.82, 2.24) is 0 Å². The minimum atomic E-state index is -0.936. The second-order valence-electron chi connectivity index (χ2n) is 2.58. The van der Waals surface area contributed by atoms with E-state index in [-0.39, 0.29) is 18.0 Å². The van der Waals surface area contributed by atoms with Gasteiger partial charge in [0.05, 0.1) is 0 Å². The molecular formula is C6H13NO3. The fourth-order valence-corrected chi connectivity index (χ4v) is 0.638. The number of aliphatic hydroxyl groups excluding tert-OH is 1. The van der Waals surface area contributed by atoms with Crippen LogP contribution < -0.4 is 0 Å². The van der Waals surface area contributed by atoms with E-state index >= 15 is 0 Å². The van der Waals surface area contributed by atoms with Crippen molar-refractivity contribution in [1.29, 1.82) is 0 Å². The Morgan fingerprint density at radius 2 is 2.20 bits per heavy atom. The van der Waals surface area contributed by atoms with Gasteiger partial charge in [-0.1, -0.05) is 6.92 Å². The summed E-state index contributed by atoms with van der Waals surface area (Å²) in [7, 11) is 0. The van der Waals surface area contributed by atoms with Crippen molar-refractivity contribution in [3.05, 3.63) is 10.1 Å². The van der Waals surface area contributed by atoms with E-state index in [4.69, 9.17) is 5.11 Å². The summed E-state index contributed by atoms with van der Waals surface area (Å²) in [5.41, 5.74) is -0.936. The molecule has 0 bridgehead atoms. The molecule has 0 aliphatic carbocycles. The predicted molar refractivity (Wildman–Crippen MR) is 37.4 cm³/mol. The van der Waals surface area contributed by atoms with E-state index < -0.39 is 5.54 Å². The monoisotopic (exact) mass is 147 g/mol. The molecule has 10 heavy (non-hydrogen) atoms. The van der Waals surface area contributed by atoms with Gasteiger partial charge in [0.15, 0.2) is 0 Å². The van der Waals surface area contributed by atoms with Crippen LogP contribution in [-0.2, 0) is 0 Å². The van der Waals surface area contributed by atoms with Crippen LogP contribution in [0.15, 0.2) is 0 Å². The average Bonchev–Trinajstić information content (AvgIpc) is 1.88. The minimum absolute atomic E-state index is 0.120. The molecule has 0 radical (unpaired) electrons. The standard InChI is InChI=1S/C6H13NO3/c1-3-6(2,4-5-8)7(9)10/h8H,3-5H2,1-2H3. The van der Waals surface area contributed by atoms with Gasteiger partial charge >= 0.3 is 0 Å². The van der Waals surface area contributed by atoms with Crippen LogP contribution in [0.3, 0.4) is 0 Å². The molecule has 0 aliphatic heterocycles. The van der Waals surface area contributed by atoms with Crippen molar-refractivity contribution in [3.8, 4) is 0 Å². The van der Waals surface area contributed by atoms with Crippen LogP contribution in [0.1, 0.15) is 26.7 Å². The van der Waals surface area contributed by atoms with E-state index in [2.05, 4.69) is 0 Å². The van der Waals surface area contributed by atoms with E-state index in [0.717, 1.165) is 0 Å². The molecule has 4 nitrogen and oxygen atoms in total. The van der Waals surface area contributed by atoms with E-state index in [9.17, 15) is 10.1 Å². The fourth-order valence-electron chi connectivity index (χ4n) is 0.638. The zero-order valence-electron chi connectivity index (χ0n) is 6.33. The Hall–Kier alpha value is -0.640. The third-order valence-electron chi connectivity index (χ3n) is 1.85. The number of nitrogens with zero attached hydrogens (tertiary/aromatic N) is 1. The van der Waals surface area contributed by atoms with Gasteiger partial charge < -0.3 is 5.11 Å². The lowest BCUT2D eigenvalue weighted by molar-refractivity contribution is -0.567. The molecular weight excluding hydrogens is 134 g/mol. The van der Waals surface area contributed by atoms with Gasteiger partial charge in [-0.25, -0.2) is 0 Å². The van der Waals surface area contributed by atoms with Gasteiger partial charge in [-0.3, -0.25) is 10.1 Å². The van der Waals surface area contributed by atoms with Crippen LogP contribution in [0.4, 0.5) is 0 Å². The molecule has 0 heterocycles. The molecule has 0 saturated heterocycles.